The molecule has 3 rings (SSSR count). The van der Waals surface area contributed by atoms with Crippen molar-refractivity contribution in [3.05, 3.63) is 70.7 Å². The molecule has 22 heavy (non-hydrogen) atoms. The lowest BCUT2D eigenvalue weighted by Crippen LogP contribution is -2.24. The molecular weight excluding hydrogens is 298 g/mol. The fraction of sp³-hybridized carbons (Fsp3) is 0.222. The van der Waals surface area contributed by atoms with Crippen molar-refractivity contribution in [2.24, 2.45) is 4.99 Å². The molecule has 0 fully saturated rings. The van der Waals surface area contributed by atoms with Crippen LogP contribution in [-0.2, 0) is 9.53 Å². The number of methoxy groups -OCH3 is 1. The van der Waals surface area contributed by atoms with Gasteiger partial charge < -0.3 is 4.74 Å². The second kappa shape index (κ2) is 6.32. The summed E-state index contributed by atoms with van der Waals surface area (Å²) in [6.07, 6.45) is 0.714. The van der Waals surface area contributed by atoms with E-state index < -0.39 is 6.04 Å². The number of benzene rings is 2. The lowest BCUT2D eigenvalue weighted by atomic mass is 9.89. The maximum absolute atomic E-state index is 12.1. The van der Waals surface area contributed by atoms with Crippen molar-refractivity contribution in [2.45, 2.75) is 18.4 Å². The minimum Gasteiger partial charge on any atom is -0.467 e. The van der Waals surface area contributed by atoms with Crippen LogP contribution in [-0.4, -0.2) is 24.8 Å². The van der Waals surface area contributed by atoms with Crippen LogP contribution in [0.1, 0.15) is 23.5 Å². The smallest absolute Gasteiger partial charge is 0.331 e. The Bertz CT molecular complexity index is 695. The van der Waals surface area contributed by atoms with Gasteiger partial charge in [0, 0.05) is 16.7 Å². The van der Waals surface area contributed by atoms with Gasteiger partial charge in [0.2, 0.25) is 0 Å². The Labute approximate surface area is 134 Å². The minimum absolute atomic E-state index is 0.0140. The normalized spacial score (nSPS) is 20.5. The molecule has 3 nitrogen and oxygen atoms in total. The lowest BCUT2D eigenvalue weighted by Gasteiger charge is -2.16. The van der Waals surface area contributed by atoms with Gasteiger partial charge in [-0.05, 0) is 29.7 Å². The van der Waals surface area contributed by atoms with E-state index in [-0.39, 0.29) is 11.9 Å². The third-order valence-corrected chi connectivity index (χ3v) is 4.19. The molecule has 1 aliphatic rings. The predicted molar refractivity (Wildman–Crippen MR) is 87.6 cm³/mol. The number of carbonyl (C=O) groups is 1. The first-order valence-electron chi connectivity index (χ1n) is 7.14. The van der Waals surface area contributed by atoms with Gasteiger partial charge in [-0.15, -0.1) is 0 Å². The summed E-state index contributed by atoms with van der Waals surface area (Å²) in [4.78, 5) is 16.7. The van der Waals surface area contributed by atoms with Crippen molar-refractivity contribution in [2.75, 3.05) is 7.11 Å². The summed E-state index contributed by atoms with van der Waals surface area (Å²) >= 11 is 5.95. The summed E-state index contributed by atoms with van der Waals surface area (Å²) in [5.41, 5.74) is 3.04. The van der Waals surface area contributed by atoms with Gasteiger partial charge in [0.1, 0.15) is 0 Å². The number of hydrogen-bond donors (Lipinski definition) is 0. The quantitative estimate of drug-likeness (QED) is 0.807. The van der Waals surface area contributed by atoms with Gasteiger partial charge in [-0.2, -0.15) is 0 Å². The first-order valence-corrected chi connectivity index (χ1v) is 7.52. The zero-order valence-corrected chi connectivity index (χ0v) is 13.0. The molecule has 2 aromatic rings. The van der Waals surface area contributed by atoms with Crippen molar-refractivity contribution in [1.29, 1.82) is 0 Å². The van der Waals surface area contributed by atoms with Crippen molar-refractivity contribution >= 4 is 23.3 Å². The molecule has 0 saturated carbocycles. The Morgan fingerprint density at radius 2 is 1.82 bits per heavy atom. The Morgan fingerprint density at radius 3 is 2.45 bits per heavy atom. The molecule has 1 heterocycles. The van der Waals surface area contributed by atoms with Gasteiger partial charge in [0.05, 0.1) is 7.11 Å². The van der Waals surface area contributed by atoms with Gasteiger partial charge >= 0.3 is 5.97 Å². The molecule has 1 aliphatic heterocycles. The third kappa shape index (κ3) is 2.90. The van der Waals surface area contributed by atoms with Crippen LogP contribution in [0.2, 0.25) is 5.02 Å². The first kappa shape index (κ1) is 14.8. The standard InChI is InChI=1S/C18H16ClNO2/c1-22-18(21)17-15(12-7-9-14(19)10-8-12)11-16(20-17)13-5-3-2-4-6-13/h2-10,15,17H,11H2,1H3. The summed E-state index contributed by atoms with van der Waals surface area (Å²) in [6.45, 7) is 0. The van der Waals surface area contributed by atoms with E-state index in [2.05, 4.69) is 4.99 Å². The molecular formula is C18H16ClNO2. The number of esters is 1. The molecule has 2 aromatic carbocycles. The van der Waals surface area contributed by atoms with Gasteiger partial charge in [0.15, 0.2) is 6.04 Å². The number of nitrogens with zero attached hydrogens (tertiary/aromatic N) is 1. The topological polar surface area (TPSA) is 38.7 Å². The van der Waals surface area contributed by atoms with Crippen molar-refractivity contribution < 1.29 is 9.53 Å². The van der Waals surface area contributed by atoms with Gasteiger partial charge in [-0.25, -0.2) is 4.79 Å². The highest BCUT2D eigenvalue weighted by Crippen LogP contribution is 2.34. The average Bonchev–Trinajstić information content (AvgIpc) is 3.01. The summed E-state index contributed by atoms with van der Waals surface area (Å²) in [6, 6.07) is 17.0. The van der Waals surface area contributed by atoms with Crippen LogP contribution in [0.4, 0.5) is 0 Å². The van der Waals surface area contributed by atoms with E-state index in [4.69, 9.17) is 16.3 Å². The molecule has 0 spiro atoms. The molecule has 0 bridgehead atoms. The SMILES string of the molecule is COC(=O)C1N=C(c2ccccc2)CC1c1ccc(Cl)cc1. The Kier molecular flexibility index (Phi) is 4.25. The molecule has 2 unspecified atom stereocenters. The van der Waals surface area contributed by atoms with E-state index in [1.165, 1.54) is 7.11 Å². The highest BCUT2D eigenvalue weighted by Gasteiger charge is 2.36. The second-order valence-corrected chi connectivity index (χ2v) is 5.71. The first-order chi connectivity index (χ1) is 10.7. The maximum atomic E-state index is 12.1. The fourth-order valence-electron chi connectivity index (χ4n) is 2.80. The highest BCUT2D eigenvalue weighted by molar-refractivity contribution is 6.30. The Balaban J connectivity index is 1.94. The molecule has 0 N–H and O–H groups in total. The van der Waals surface area contributed by atoms with Crippen LogP contribution >= 0.6 is 11.6 Å². The monoisotopic (exact) mass is 313 g/mol. The summed E-state index contributed by atoms with van der Waals surface area (Å²) < 4.78 is 4.92. The van der Waals surface area contributed by atoms with E-state index in [1.54, 1.807) is 0 Å². The van der Waals surface area contributed by atoms with Crippen LogP contribution < -0.4 is 0 Å². The van der Waals surface area contributed by atoms with E-state index in [0.29, 0.717) is 11.4 Å². The number of carbonyl (C=O) groups excluding carboxylic acids is 1. The molecule has 0 amide bonds. The van der Waals surface area contributed by atoms with Gasteiger partial charge in [0.25, 0.3) is 0 Å². The third-order valence-electron chi connectivity index (χ3n) is 3.94. The van der Waals surface area contributed by atoms with E-state index >= 15 is 0 Å². The summed E-state index contributed by atoms with van der Waals surface area (Å²) in [5.74, 6) is -0.314. The van der Waals surface area contributed by atoms with Gasteiger partial charge in [-0.3, -0.25) is 4.99 Å². The lowest BCUT2D eigenvalue weighted by molar-refractivity contribution is -0.142. The largest absolute Gasteiger partial charge is 0.467 e. The molecule has 0 saturated heterocycles. The molecule has 0 aromatic heterocycles. The molecule has 2 atom stereocenters. The predicted octanol–water partition coefficient (Wildman–Crippen LogP) is 3.86. The maximum Gasteiger partial charge on any atom is 0.331 e. The van der Waals surface area contributed by atoms with Crippen LogP contribution in [0.3, 0.4) is 0 Å². The van der Waals surface area contributed by atoms with Crippen molar-refractivity contribution in [3.63, 3.8) is 0 Å². The van der Waals surface area contributed by atoms with Gasteiger partial charge in [-0.1, -0.05) is 54.1 Å². The second-order valence-electron chi connectivity index (χ2n) is 5.27. The molecule has 0 aliphatic carbocycles. The number of rotatable bonds is 3. The number of aliphatic imine (C=N–C) groups is 1. The van der Waals surface area contributed by atoms with E-state index in [1.807, 2.05) is 54.6 Å². The highest BCUT2D eigenvalue weighted by atomic mass is 35.5. The number of halogens is 1. The van der Waals surface area contributed by atoms with Crippen molar-refractivity contribution in [1.82, 2.24) is 0 Å². The minimum atomic E-state index is -0.499. The Morgan fingerprint density at radius 1 is 1.14 bits per heavy atom. The molecule has 0 radical (unpaired) electrons. The van der Waals surface area contributed by atoms with Crippen LogP contribution in [0.5, 0.6) is 0 Å². The van der Waals surface area contributed by atoms with E-state index in [0.717, 1.165) is 16.8 Å². The number of hydrogen-bond acceptors (Lipinski definition) is 3. The Hall–Kier alpha value is -2.13. The van der Waals surface area contributed by atoms with Crippen LogP contribution in [0.15, 0.2) is 59.6 Å². The fourth-order valence-corrected chi connectivity index (χ4v) is 2.93. The summed E-state index contributed by atoms with van der Waals surface area (Å²) in [7, 11) is 1.40. The van der Waals surface area contributed by atoms with E-state index in [9.17, 15) is 4.79 Å². The van der Waals surface area contributed by atoms with Crippen LogP contribution in [0, 0.1) is 0 Å². The molecule has 4 heteroatoms. The zero-order chi connectivity index (χ0) is 15.5. The van der Waals surface area contributed by atoms with Crippen molar-refractivity contribution in [3.8, 4) is 0 Å². The average molecular weight is 314 g/mol. The zero-order valence-electron chi connectivity index (χ0n) is 12.2. The number of ether oxygens (including phenoxy) is 1. The molecule has 112 valence electrons. The summed E-state index contributed by atoms with van der Waals surface area (Å²) in [5, 5.41) is 0.681. The van der Waals surface area contributed by atoms with Crippen LogP contribution in [0.25, 0.3) is 0 Å².